The average Bonchev–Trinajstić information content (AvgIpc) is 2.90. The van der Waals surface area contributed by atoms with Crippen molar-refractivity contribution in [3.05, 3.63) is 66.0 Å². The van der Waals surface area contributed by atoms with Crippen LogP contribution in [0.15, 0.2) is 54.9 Å². The minimum absolute atomic E-state index is 0.303. The van der Waals surface area contributed by atoms with Gasteiger partial charge in [-0.2, -0.15) is 4.98 Å². The van der Waals surface area contributed by atoms with E-state index < -0.39 is 0 Å². The van der Waals surface area contributed by atoms with E-state index in [2.05, 4.69) is 25.6 Å². The number of hydrogen-bond acceptors (Lipinski definition) is 9. The number of esters is 2. The Hall–Kier alpha value is -4.01. The molecule has 9 heteroatoms. The van der Waals surface area contributed by atoms with Crippen LogP contribution in [0, 0.1) is 0 Å². The molecular formula is C28H33N5O4. The van der Waals surface area contributed by atoms with Crippen molar-refractivity contribution in [2.24, 2.45) is 0 Å². The molecule has 1 saturated carbocycles. The fourth-order valence-electron chi connectivity index (χ4n) is 4.13. The summed E-state index contributed by atoms with van der Waals surface area (Å²) in [7, 11) is 0. The van der Waals surface area contributed by atoms with Crippen LogP contribution in [0.5, 0.6) is 0 Å². The average molecular weight is 504 g/mol. The first-order chi connectivity index (χ1) is 17.9. The first-order valence-corrected chi connectivity index (χ1v) is 12.8. The molecule has 4 rings (SSSR count). The fourth-order valence-corrected chi connectivity index (χ4v) is 4.13. The Morgan fingerprint density at radius 1 is 0.838 bits per heavy atom. The van der Waals surface area contributed by atoms with Gasteiger partial charge >= 0.3 is 11.9 Å². The number of nitrogens with one attached hydrogen (secondary N) is 2. The first-order valence-electron chi connectivity index (χ1n) is 12.8. The number of carbonyl (C=O) groups is 2. The molecule has 0 atom stereocenters. The van der Waals surface area contributed by atoms with Gasteiger partial charge < -0.3 is 20.1 Å². The molecule has 1 aliphatic carbocycles. The number of nitrogens with zero attached hydrogens (tertiary/aromatic N) is 3. The highest BCUT2D eigenvalue weighted by Gasteiger charge is 2.31. The Balaban J connectivity index is 1.33. The summed E-state index contributed by atoms with van der Waals surface area (Å²) in [6, 6.07) is 13.9. The zero-order chi connectivity index (χ0) is 26.1. The van der Waals surface area contributed by atoms with E-state index in [4.69, 9.17) is 9.47 Å². The molecule has 0 saturated heterocycles. The Kier molecular flexibility index (Phi) is 8.66. The minimum Gasteiger partial charge on any atom is -0.462 e. The first kappa shape index (κ1) is 26.1. The summed E-state index contributed by atoms with van der Waals surface area (Å²) in [6.45, 7) is 4.48. The number of aromatic nitrogens is 3. The van der Waals surface area contributed by atoms with Gasteiger partial charge in [-0.05, 0) is 87.6 Å². The van der Waals surface area contributed by atoms with Gasteiger partial charge in [0.1, 0.15) is 11.9 Å². The standard InChI is InChI=1S/C28H33N5O4/c1-3-4-18-36-24(34)20-8-12-22(13-9-20)31-26-29-19-30-27(33-26)32-23-14-10-21(11-15-23)25(35)37-28(2)16-6-5-7-17-28/h8-15,19H,3-7,16-18H2,1-2H3,(H2,29,30,31,32,33). The molecular weight excluding hydrogens is 470 g/mol. The summed E-state index contributed by atoms with van der Waals surface area (Å²) in [5.74, 6) is 0.0484. The Morgan fingerprint density at radius 2 is 1.38 bits per heavy atom. The second kappa shape index (κ2) is 12.3. The zero-order valence-corrected chi connectivity index (χ0v) is 21.3. The molecule has 0 aliphatic heterocycles. The van der Waals surface area contributed by atoms with Crippen molar-refractivity contribution in [3.8, 4) is 0 Å². The van der Waals surface area contributed by atoms with Gasteiger partial charge in [0.15, 0.2) is 0 Å². The lowest BCUT2D eigenvalue weighted by atomic mass is 9.86. The smallest absolute Gasteiger partial charge is 0.338 e. The minimum atomic E-state index is -0.376. The molecule has 0 bridgehead atoms. The van der Waals surface area contributed by atoms with Crippen molar-refractivity contribution in [1.29, 1.82) is 0 Å². The number of ether oxygens (including phenoxy) is 2. The summed E-state index contributed by atoms with van der Waals surface area (Å²) < 4.78 is 11.0. The normalized spacial score (nSPS) is 14.4. The number of hydrogen-bond donors (Lipinski definition) is 2. The van der Waals surface area contributed by atoms with Crippen molar-refractivity contribution in [2.45, 2.75) is 64.4 Å². The van der Waals surface area contributed by atoms with Crippen molar-refractivity contribution < 1.29 is 19.1 Å². The Labute approximate surface area is 217 Å². The molecule has 37 heavy (non-hydrogen) atoms. The molecule has 1 heterocycles. The van der Waals surface area contributed by atoms with E-state index in [9.17, 15) is 9.59 Å². The lowest BCUT2D eigenvalue weighted by molar-refractivity contribution is -0.0269. The van der Waals surface area contributed by atoms with Crippen LogP contribution in [0.2, 0.25) is 0 Å². The molecule has 194 valence electrons. The predicted molar refractivity (Wildman–Crippen MR) is 141 cm³/mol. The predicted octanol–water partition coefficient (Wildman–Crippen LogP) is 6.20. The second-order valence-electron chi connectivity index (χ2n) is 9.43. The highest BCUT2D eigenvalue weighted by molar-refractivity contribution is 5.90. The summed E-state index contributed by atoms with van der Waals surface area (Å²) in [6.07, 6.45) is 8.41. The third-order valence-electron chi connectivity index (χ3n) is 6.31. The fraction of sp³-hybridized carbons (Fsp3) is 0.393. The van der Waals surface area contributed by atoms with E-state index in [1.165, 1.54) is 12.7 Å². The quantitative estimate of drug-likeness (QED) is 0.246. The molecule has 1 fully saturated rings. The Bertz CT molecular complexity index is 1190. The van der Waals surface area contributed by atoms with Crippen LogP contribution >= 0.6 is 0 Å². The molecule has 2 aromatic carbocycles. The van der Waals surface area contributed by atoms with Crippen molar-refractivity contribution in [1.82, 2.24) is 15.0 Å². The van der Waals surface area contributed by atoms with Crippen LogP contribution in [0.3, 0.4) is 0 Å². The lowest BCUT2D eigenvalue weighted by Gasteiger charge is -2.33. The molecule has 1 aliphatic rings. The van der Waals surface area contributed by atoms with E-state index in [1.54, 1.807) is 48.5 Å². The molecule has 0 spiro atoms. The highest BCUT2D eigenvalue weighted by atomic mass is 16.6. The number of unbranched alkanes of at least 4 members (excludes halogenated alkanes) is 1. The van der Waals surface area contributed by atoms with Crippen molar-refractivity contribution in [3.63, 3.8) is 0 Å². The van der Waals surface area contributed by atoms with Crippen LogP contribution in [0.25, 0.3) is 0 Å². The number of carbonyl (C=O) groups excluding carboxylic acids is 2. The second-order valence-corrected chi connectivity index (χ2v) is 9.43. The molecule has 9 nitrogen and oxygen atoms in total. The molecule has 3 aromatic rings. The zero-order valence-electron chi connectivity index (χ0n) is 21.3. The number of anilines is 4. The van der Waals surface area contributed by atoms with Gasteiger partial charge in [0, 0.05) is 11.4 Å². The molecule has 1 aromatic heterocycles. The lowest BCUT2D eigenvalue weighted by Crippen LogP contribution is -2.33. The highest BCUT2D eigenvalue weighted by Crippen LogP contribution is 2.32. The maximum Gasteiger partial charge on any atom is 0.338 e. The van der Waals surface area contributed by atoms with Gasteiger partial charge in [0.2, 0.25) is 11.9 Å². The van der Waals surface area contributed by atoms with Gasteiger partial charge in [-0.1, -0.05) is 19.8 Å². The van der Waals surface area contributed by atoms with Crippen LogP contribution in [-0.2, 0) is 9.47 Å². The molecule has 0 radical (unpaired) electrons. The van der Waals surface area contributed by atoms with Crippen molar-refractivity contribution in [2.75, 3.05) is 17.2 Å². The van der Waals surface area contributed by atoms with Gasteiger partial charge in [0.25, 0.3) is 0 Å². The largest absolute Gasteiger partial charge is 0.462 e. The van der Waals surface area contributed by atoms with Crippen LogP contribution in [0.1, 0.15) is 79.5 Å². The van der Waals surface area contributed by atoms with Crippen molar-refractivity contribution >= 4 is 35.2 Å². The molecule has 2 N–H and O–H groups in total. The van der Waals surface area contributed by atoms with Gasteiger partial charge in [-0.25, -0.2) is 19.6 Å². The Morgan fingerprint density at radius 3 is 1.92 bits per heavy atom. The number of rotatable bonds is 10. The van der Waals surface area contributed by atoms with Crippen LogP contribution < -0.4 is 10.6 Å². The summed E-state index contributed by atoms with van der Waals surface area (Å²) in [5, 5.41) is 6.22. The third kappa shape index (κ3) is 7.49. The van der Waals surface area contributed by atoms with Gasteiger partial charge in [-0.3, -0.25) is 0 Å². The SMILES string of the molecule is CCCCOC(=O)c1ccc(Nc2ncnc(Nc3ccc(C(=O)OC4(C)CCCCC4)cc3)n2)cc1. The van der Waals surface area contributed by atoms with Crippen LogP contribution in [0.4, 0.5) is 23.3 Å². The van der Waals surface area contributed by atoms with E-state index >= 15 is 0 Å². The third-order valence-corrected chi connectivity index (χ3v) is 6.31. The maximum atomic E-state index is 12.6. The van der Waals surface area contributed by atoms with Crippen LogP contribution in [-0.4, -0.2) is 39.1 Å². The van der Waals surface area contributed by atoms with Gasteiger partial charge in [0.05, 0.1) is 17.7 Å². The number of benzene rings is 2. The maximum absolute atomic E-state index is 12.6. The van der Waals surface area contributed by atoms with E-state index in [-0.39, 0.29) is 17.5 Å². The summed E-state index contributed by atoms with van der Waals surface area (Å²) >= 11 is 0. The van der Waals surface area contributed by atoms with E-state index in [1.807, 2.05) is 13.8 Å². The van der Waals surface area contributed by atoms with E-state index in [0.29, 0.717) is 29.6 Å². The summed E-state index contributed by atoms with van der Waals surface area (Å²) in [5.41, 5.74) is 2.06. The molecule has 0 amide bonds. The van der Waals surface area contributed by atoms with E-state index in [0.717, 1.165) is 49.9 Å². The molecule has 0 unspecified atom stereocenters. The van der Waals surface area contributed by atoms with Gasteiger partial charge in [-0.15, -0.1) is 0 Å². The topological polar surface area (TPSA) is 115 Å². The monoisotopic (exact) mass is 503 g/mol. The summed E-state index contributed by atoms with van der Waals surface area (Å²) in [4.78, 5) is 37.4.